The van der Waals surface area contributed by atoms with Gasteiger partial charge in [-0.25, -0.2) is 0 Å². The van der Waals surface area contributed by atoms with Crippen molar-refractivity contribution in [1.82, 2.24) is 0 Å². The van der Waals surface area contributed by atoms with E-state index in [4.69, 9.17) is 5.73 Å². The van der Waals surface area contributed by atoms with Gasteiger partial charge in [0, 0.05) is 6.04 Å². The van der Waals surface area contributed by atoms with Crippen molar-refractivity contribution >= 4 is 12.4 Å². The first-order valence-corrected chi connectivity index (χ1v) is 7.22. The molecule has 2 nitrogen and oxygen atoms in total. The van der Waals surface area contributed by atoms with Gasteiger partial charge in [0.25, 0.3) is 0 Å². The van der Waals surface area contributed by atoms with Crippen molar-refractivity contribution in [2.45, 2.75) is 76.4 Å². The Morgan fingerprint density at radius 1 is 0.765 bits per heavy atom. The molecule has 0 heterocycles. The quantitative estimate of drug-likeness (QED) is 0.819. The number of nitrogens with two attached hydrogens (primary N) is 1. The molecule has 3 heteroatoms. The van der Waals surface area contributed by atoms with Crippen LogP contribution < -0.4 is 5.73 Å². The number of hydrogen-bond acceptors (Lipinski definition) is 2. The van der Waals surface area contributed by atoms with Crippen LogP contribution in [0, 0.1) is 11.8 Å². The van der Waals surface area contributed by atoms with Crippen molar-refractivity contribution in [2.75, 3.05) is 0 Å². The summed E-state index contributed by atoms with van der Waals surface area (Å²) >= 11 is 0. The Balaban J connectivity index is 0.00000144. The van der Waals surface area contributed by atoms with Gasteiger partial charge in [0.1, 0.15) is 0 Å². The topological polar surface area (TPSA) is 46.2 Å². The zero-order chi connectivity index (χ0) is 11.4. The molecular weight excluding hydrogens is 234 g/mol. The minimum absolute atomic E-state index is 0. The molecule has 2 aliphatic carbocycles. The third-order valence-electron chi connectivity index (χ3n) is 4.72. The number of hydrogen-bond donors (Lipinski definition) is 2. The van der Waals surface area contributed by atoms with E-state index in [9.17, 15) is 5.11 Å². The fourth-order valence-electron chi connectivity index (χ4n) is 3.59. The standard InChI is InChI=1S/C14H27NO.ClH/c15-13(11-7-3-1-4-8-11)14(16)12-9-5-2-6-10-12;/h11-14,16H,1-10,15H2;1H. The van der Waals surface area contributed by atoms with E-state index >= 15 is 0 Å². The molecule has 2 fully saturated rings. The summed E-state index contributed by atoms with van der Waals surface area (Å²) in [6.07, 6.45) is 12.6. The lowest BCUT2D eigenvalue weighted by molar-refractivity contribution is 0.0369. The molecule has 0 amide bonds. The van der Waals surface area contributed by atoms with E-state index in [1.165, 1.54) is 64.2 Å². The molecule has 2 atom stereocenters. The number of aliphatic hydroxyl groups excluding tert-OH is 1. The highest BCUT2D eigenvalue weighted by molar-refractivity contribution is 5.85. The summed E-state index contributed by atoms with van der Waals surface area (Å²) in [6.45, 7) is 0. The van der Waals surface area contributed by atoms with Gasteiger partial charge >= 0.3 is 0 Å². The maximum absolute atomic E-state index is 10.4. The maximum Gasteiger partial charge on any atom is 0.0721 e. The van der Waals surface area contributed by atoms with Gasteiger partial charge in [-0.05, 0) is 37.5 Å². The highest BCUT2D eigenvalue weighted by Gasteiger charge is 2.31. The molecule has 102 valence electrons. The largest absolute Gasteiger partial charge is 0.391 e. The van der Waals surface area contributed by atoms with Crippen molar-refractivity contribution in [3.05, 3.63) is 0 Å². The molecule has 17 heavy (non-hydrogen) atoms. The first-order chi connectivity index (χ1) is 7.79. The fourth-order valence-corrected chi connectivity index (χ4v) is 3.59. The van der Waals surface area contributed by atoms with Crippen molar-refractivity contribution in [2.24, 2.45) is 17.6 Å². The minimum atomic E-state index is -0.233. The van der Waals surface area contributed by atoms with Crippen LogP contribution in [-0.2, 0) is 0 Å². The molecule has 2 saturated carbocycles. The molecule has 2 unspecified atom stereocenters. The highest BCUT2D eigenvalue weighted by Crippen LogP contribution is 2.32. The molecule has 0 bridgehead atoms. The van der Waals surface area contributed by atoms with Crippen molar-refractivity contribution in [3.8, 4) is 0 Å². The SMILES string of the molecule is Cl.NC(C1CCCCC1)C(O)C1CCCCC1. The first kappa shape index (κ1) is 15.3. The van der Waals surface area contributed by atoms with Crippen LogP contribution >= 0.6 is 12.4 Å². The van der Waals surface area contributed by atoms with Crippen LogP contribution in [0.5, 0.6) is 0 Å². The Kier molecular flexibility index (Phi) is 6.83. The zero-order valence-corrected chi connectivity index (χ0v) is 11.6. The summed E-state index contributed by atoms with van der Waals surface area (Å²) in [6, 6.07) is 0.0448. The minimum Gasteiger partial charge on any atom is -0.391 e. The summed E-state index contributed by atoms with van der Waals surface area (Å²) in [7, 11) is 0. The number of aliphatic hydroxyl groups is 1. The lowest BCUT2D eigenvalue weighted by Crippen LogP contribution is -2.46. The lowest BCUT2D eigenvalue weighted by atomic mass is 9.76. The molecular formula is C14H28ClNO. The Bertz CT molecular complexity index is 178. The second kappa shape index (κ2) is 7.60. The van der Waals surface area contributed by atoms with Crippen molar-refractivity contribution in [1.29, 1.82) is 0 Å². The number of rotatable bonds is 3. The van der Waals surface area contributed by atoms with Gasteiger partial charge in [0.15, 0.2) is 0 Å². The average Bonchev–Trinajstić information content (AvgIpc) is 2.39. The van der Waals surface area contributed by atoms with Crippen LogP contribution in [0.1, 0.15) is 64.2 Å². The molecule has 3 N–H and O–H groups in total. The van der Waals surface area contributed by atoms with Gasteiger partial charge in [-0.15, -0.1) is 12.4 Å². The molecule has 0 saturated heterocycles. The summed E-state index contributed by atoms with van der Waals surface area (Å²) in [5, 5.41) is 10.4. The van der Waals surface area contributed by atoms with Gasteiger partial charge in [0.2, 0.25) is 0 Å². The van der Waals surface area contributed by atoms with E-state index in [0.717, 1.165) is 0 Å². The van der Waals surface area contributed by atoms with E-state index in [1.54, 1.807) is 0 Å². The summed E-state index contributed by atoms with van der Waals surface area (Å²) in [5.41, 5.74) is 6.27. The molecule has 2 aliphatic rings. The van der Waals surface area contributed by atoms with Gasteiger partial charge < -0.3 is 10.8 Å². The zero-order valence-electron chi connectivity index (χ0n) is 10.8. The monoisotopic (exact) mass is 261 g/mol. The third-order valence-corrected chi connectivity index (χ3v) is 4.72. The van der Waals surface area contributed by atoms with Gasteiger partial charge in [-0.2, -0.15) is 0 Å². The van der Waals surface area contributed by atoms with Crippen LogP contribution in [0.25, 0.3) is 0 Å². The van der Waals surface area contributed by atoms with Gasteiger partial charge in [-0.1, -0.05) is 38.5 Å². The Hall–Kier alpha value is 0.210. The normalized spacial score (nSPS) is 27.2. The van der Waals surface area contributed by atoms with E-state index in [1.807, 2.05) is 0 Å². The predicted molar refractivity (Wildman–Crippen MR) is 74.4 cm³/mol. The molecule has 0 radical (unpaired) electrons. The summed E-state index contributed by atoms with van der Waals surface area (Å²) < 4.78 is 0. The van der Waals surface area contributed by atoms with Crippen molar-refractivity contribution < 1.29 is 5.11 Å². The summed E-state index contributed by atoms with van der Waals surface area (Å²) in [5.74, 6) is 1.08. The fraction of sp³-hybridized carbons (Fsp3) is 1.00. The van der Waals surface area contributed by atoms with Gasteiger partial charge in [0.05, 0.1) is 6.10 Å². The van der Waals surface area contributed by atoms with Crippen LogP contribution in [0.2, 0.25) is 0 Å². The molecule has 0 spiro atoms. The van der Waals surface area contributed by atoms with E-state index in [2.05, 4.69) is 0 Å². The van der Waals surface area contributed by atoms with Crippen LogP contribution in [0.4, 0.5) is 0 Å². The highest BCUT2D eigenvalue weighted by atomic mass is 35.5. The second-order valence-corrected chi connectivity index (χ2v) is 5.86. The average molecular weight is 262 g/mol. The van der Waals surface area contributed by atoms with E-state index in [0.29, 0.717) is 11.8 Å². The predicted octanol–water partition coefficient (Wildman–Crippen LogP) is 3.26. The Morgan fingerprint density at radius 2 is 1.18 bits per heavy atom. The summed E-state index contributed by atoms with van der Waals surface area (Å²) in [4.78, 5) is 0. The molecule has 2 rings (SSSR count). The van der Waals surface area contributed by atoms with Crippen LogP contribution in [0.15, 0.2) is 0 Å². The second-order valence-electron chi connectivity index (χ2n) is 5.86. The maximum atomic E-state index is 10.4. The molecule has 0 aromatic carbocycles. The smallest absolute Gasteiger partial charge is 0.0721 e. The van der Waals surface area contributed by atoms with E-state index < -0.39 is 0 Å². The van der Waals surface area contributed by atoms with E-state index in [-0.39, 0.29) is 24.6 Å². The molecule has 0 aromatic rings. The van der Waals surface area contributed by atoms with Crippen LogP contribution in [0.3, 0.4) is 0 Å². The molecule has 0 aromatic heterocycles. The molecule has 0 aliphatic heterocycles. The Labute approximate surface area is 112 Å². The first-order valence-electron chi connectivity index (χ1n) is 7.22. The van der Waals surface area contributed by atoms with Crippen molar-refractivity contribution in [3.63, 3.8) is 0 Å². The third kappa shape index (κ3) is 4.11. The van der Waals surface area contributed by atoms with Crippen LogP contribution in [-0.4, -0.2) is 17.3 Å². The number of halogens is 1. The van der Waals surface area contributed by atoms with Gasteiger partial charge in [-0.3, -0.25) is 0 Å². The Morgan fingerprint density at radius 3 is 1.65 bits per heavy atom. The lowest BCUT2D eigenvalue weighted by Gasteiger charge is -2.36.